The minimum Gasteiger partial charge on any atom is -0.542 e. The number of halogens is 18. The highest BCUT2D eigenvalue weighted by Crippen LogP contribution is 2.19. The molecule has 2 aromatic carbocycles. The molecule has 620 valence electrons. The fraction of sp³-hybridized carbons (Fsp3) is 0.735. The lowest BCUT2D eigenvalue weighted by molar-refractivity contribution is -0.925. The van der Waals surface area contributed by atoms with Gasteiger partial charge in [0.15, 0.2) is 6.04 Å². The highest BCUT2D eigenvalue weighted by molar-refractivity contribution is 5.75. The van der Waals surface area contributed by atoms with Crippen molar-refractivity contribution in [1.29, 1.82) is 0 Å². The van der Waals surface area contributed by atoms with Crippen molar-refractivity contribution in [3.63, 3.8) is 0 Å². The smallest absolute Gasteiger partial charge is 0.490 e. The standard InChI is InChI=1S/C58H103F3N6O4.5C2HF3O2/c1-2-3-4-5-6-7-8-11-14-17-20-29-38-66(47-55(45-62)64-53(49-68)43-51-34-25-23-26-35-51)40-31-32-41-67(48-56(46-63)65-54(50-69)44-52-36-27-24-28-37-52)39-30-21-18-15-12-9-10-13-16-19-22-33-42-71-57(70)58(59,60)61;5*3-2(4,5)1(6)7/h23-28,34-37,53-56,64-65,68-69H,2-22,29-33,38-50,62-63H2,1H3;5*(H,6,7). The Morgan fingerprint density at radius 3 is 0.953 bits per heavy atom. The molecule has 0 saturated carbocycles. The number of carboxylic acids is 5. The van der Waals surface area contributed by atoms with Crippen LogP contribution in [0.2, 0.25) is 0 Å². The highest BCUT2D eigenvalue weighted by atomic mass is 19.4. The number of aliphatic hydroxyl groups excluding tert-OH is 2. The number of aliphatic hydroxyl groups is 2. The zero-order valence-corrected chi connectivity index (χ0v) is 59.7. The van der Waals surface area contributed by atoms with Gasteiger partial charge in [0.05, 0.1) is 59.1 Å². The number of carbonyl (C=O) groups is 6. The van der Waals surface area contributed by atoms with Crippen LogP contribution >= 0.6 is 0 Å². The molecular formula is C68H108F18N6O14. The van der Waals surface area contributed by atoms with E-state index in [1.807, 2.05) is 6.07 Å². The molecule has 0 aliphatic carbocycles. The summed E-state index contributed by atoms with van der Waals surface area (Å²) in [5.74, 6) is -17.1. The van der Waals surface area contributed by atoms with Gasteiger partial charge in [-0.1, -0.05) is 190 Å². The van der Waals surface area contributed by atoms with E-state index in [2.05, 4.69) is 88.4 Å². The number of rotatable bonds is 49. The largest absolute Gasteiger partial charge is 0.542 e. The zero-order chi connectivity index (χ0) is 81.9. The lowest BCUT2D eigenvalue weighted by atomic mass is 10.0. The molecule has 0 fully saturated rings. The molecule has 20 nitrogen and oxygen atoms in total. The minimum atomic E-state index is -5.19. The Balaban J connectivity index is -0.00000120. The van der Waals surface area contributed by atoms with Gasteiger partial charge in [-0.15, -0.1) is 0 Å². The summed E-state index contributed by atoms with van der Waals surface area (Å²) in [6.45, 7) is 10.8. The summed E-state index contributed by atoms with van der Waals surface area (Å²) < 4.78 is 199. The Morgan fingerprint density at radius 1 is 0.396 bits per heavy atom. The Kier molecular flexibility index (Phi) is 61.6. The van der Waals surface area contributed by atoms with Gasteiger partial charge in [-0.3, -0.25) is 5.32 Å². The van der Waals surface area contributed by atoms with Crippen LogP contribution in [0.1, 0.15) is 185 Å². The predicted octanol–water partition coefficient (Wildman–Crippen LogP) is 2.10. The van der Waals surface area contributed by atoms with Crippen molar-refractivity contribution in [2.45, 2.75) is 248 Å². The number of nitrogens with two attached hydrogens (primary N) is 1. The molecule has 0 spiro atoms. The van der Waals surface area contributed by atoms with Gasteiger partial charge in [0.1, 0.15) is 55.0 Å². The molecule has 0 amide bonds. The fourth-order valence-electron chi connectivity index (χ4n) is 10.2. The lowest BCUT2D eigenvalue weighted by Gasteiger charge is -2.28. The maximum Gasteiger partial charge on any atom is 0.490 e. The third-order valence-electron chi connectivity index (χ3n) is 15.7. The molecule has 106 heavy (non-hydrogen) atoms. The number of alkyl halides is 18. The van der Waals surface area contributed by atoms with Gasteiger partial charge in [0.25, 0.3) is 0 Å². The van der Waals surface area contributed by atoms with Gasteiger partial charge in [0.2, 0.25) is 0 Å². The number of carbonyl (C=O) groups excluding carboxylic acids is 6. The van der Waals surface area contributed by atoms with Gasteiger partial charge in [-0.25, -0.2) is 4.79 Å². The van der Waals surface area contributed by atoms with Crippen LogP contribution in [0.15, 0.2) is 60.7 Å². The van der Waals surface area contributed by atoms with Gasteiger partial charge < -0.3 is 91.0 Å². The van der Waals surface area contributed by atoms with E-state index in [9.17, 15) is 94.0 Å². The van der Waals surface area contributed by atoms with Crippen LogP contribution in [0, 0.1) is 0 Å². The zero-order valence-electron chi connectivity index (χ0n) is 59.7. The van der Waals surface area contributed by atoms with Crippen molar-refractivity contribution >= 4 is 35.8 Å². The van der Waals surface area contributed by atoms with Crippen LogP contribution in [-0.2, 0) is 46.3 Å². The number of unbranched alkanes of at least 4 members (excludes halogenated alkanes) is 23. The Morgan fingerprint density at radius 2 is 0.679 bits per heavy atom. The van der Waals surface area contributed by atoms with E-state index in [-0.39, 0.29) is 37.9 Å². The summed E-state index contributed by atoms with van der Waals surface area (Å²) in [6, 6.07) is 21.7. The number of carboxylic acid groups (broad SMARTS) is 5. The van der Waals surface area contributed by atoms with Crippen molar-refractivity contribution in [2.75, 3.05) is 72.2 Å². The van der Waals surface area contributed by atoms with E-state index >= 15 is 0 Å². The van der Waals surface area contributed by atoms with E-state index < -0.39 is 72.9 Å². The molecule has 13 N–H and O–H groups in total. The summed E-state index contributed by atoms with van der Waals surface area (Å²) in [5.41, 5.74) is 11.3. The van der Waals surface area contributed by atoms with E-state index in [0.717, 1.165) is 77.8 Å². The van der Waals surface area contributed by atoms with E-state index in [4.69, 9.17) is 49.5 Å². The topological polar surface area (TPSA) is 360 Å². The summed E-state index contributed by atoms with van der Waals surface area (Å²) in [4.78, 5) is 58.1. The van der Waals surface area contributed by atoms with Crippen molar-refractivity contribution in [1.82, 2.24) is 5.32 Å². The van der Waals surface area contributed by atoms with Crippen molar-refractivity contribution in [3.05, 3.63) is 71.8 Å². The molecular weight excluding hydrogens is 1470 g/mol. The van der Waals surface area contributed by atoms with Gasteiger partial charge in [-0.2, -0.15) is 79.0 Å². The van der Waals surface area contributed by atoms with Crippen LogP contribution in [0.3, 0.4) is 0 Å². The molecule has 0 aliphatic heterocycles. The molecule has 0 aromatic heterocycles. The number of hydrogen-bond donors (Lipinski definition) is 8. The molecule has 6 unspecified atom stereocenters. The van der Waals surface area contributed by atoms with Crippen molar-refractivity contribution in [2.24, 2.45) is 0 Å². The lowest BCUT2D eigenvalue weighted by Crippen LogP contribution is -3.18. The second-order valence-corrected chi connectivity index (χ2v) is 24.9. The quantitative estimate of drug-likeness (QED) is 0.0267. The first-order chi connectivity index (χ1) is 49.3. The molecule has 0 aliphatic rings. The second kappa shape index (κ2) is 61.6. The Labute approximate surface area is 606 Å². The highest BCUT2D eigenvalue weighted by Gasteiger charge is 2.41. The molecule has 2 aromatic rings. The van der Waals surface area contributed by atoms with Crippen LogP contribution in [0.4, 0.5) is 79.0 Å². The summed E-state index contributed by atoms with van der Waals surface area (Å²) in [7, 11) is 0. The van der Waals surface area contributed by atoms with E-state index in [1.54, 1.807) is 9.80 Å². The second-order valence-electron chi connectivity index (χ2n) is 24.9. The third kappa shape index (κ3) is 67.1. The van der Waals surface area contributed by atoms with Crippen LogP contribution in [0.5, 0.6) is 0 Å². The summed E-state index contributed by atoms with van der Waals surface area (Å²) >= 11 is 0. The minimum absolute atomic E-state index is 0.00279. The van der Waals surface area contributed by atoms with E-state index in [0.29, 0.717) is 12.5 Å². The van der Waals surface area contributed by atoms with Crippen LogP contribution in [-0.4, -0.2) is 179 Å². The predicted molar refractivity (Wildman–Crippen MR) is 339 cm³/mol. The molecule has 38 heteroatoms. The van der Waals surface area contributed by atoms with Crippen molar-refractivity contribution in [3.8, 4) is 0 Å². The molecule has 0 saturated heterocycles. The van der Waals surface area contributed by atoms with Gasteiger partial charge in [-0.05, 0) is 49.7 Å². The molecule has 6 atom stereocenters. The molecule has 2 rings (SSSR count). The van der Waals surface area contributed by atoms with Crippen molar-refractivity contribution < 1.29 is 175 Å². The monoisotopic (exact) mass is 1570 g/mol. The van der Waals surface area contributed by atoms with Crippen LogP contribution < -0.4 is 57.4 Å². The number of hydrogen-bond acceptors (Lipinski definition) is 15. The summed E-state index contributed by atoms with van der Waals surface area (Å²) in [6.07, 6.45) is 2.48. The number of esters is 1. The number of ether oxygens (including phenoxy) is 1. The first kappa shape index (κ1) is 106. The average Bonchev–Trinajstić information content (AvgIpc) is 0.907. The summed E-state index contributed by atoms with van der Waals surface area (Å²) in [5, 5.41) is 71.0. The SMILES string of the molecule is CCCCCCCCCCCCCC[NH+](CCCC[NH+](CCCCCCCCCCCCCCOC(=O)C(F)(F)F)CC(C[NH3+])NC(CO)Cc1ccccc1)CC(C[NH3+])[NH2+]C(CO)Cc1ccccc1.O=C([O-])C(F)(F)F.O=C([O-])C(F)(F)F.O=C([O-])C(F)(F)F.O=C([O-])C(F)(F)F.O=C([O-])C(F)(F)F. The number of aliphatic carboxylic acids is 5. The average molecular weight is 1580 g/mol. The first-order valence-corrected chi connectivity index (χ1v) is 35.1. The molecule has 0 heterocycles. The third-order valence-corrected chi connectivity index (χ3v) is 15.7. The number of nitrogens with one attached hydrogen (secondary N) is 3. The first-order valence-electron chi connectivity index (χ1n) is 35.1. The van der Waals surface area contributed by atoms with Crippen LogP contribution in [0.25, 0.3) is 0 Å². The number of benzene rings is 2. The maximum atomic E-state index is 12.3. The van der Waals surface area contributed by atoms with Gasteiger partial charge in [0, 0.05) is 25.3 Å². The Bertz CT molecular complexity index is 2390. The fourth-order valence-corrected chi connectivity index (χ4v) is 10.2. The van der Waals surface area contributed by atoms with E-state index in [1.165, 1.54) is 159 Å². The number of quaternary nitrogens is 5. The maximum absolute atomic E-state index is 12.3. The van der Waals surface area contributed by atoms with Gasteiger partial charge >= 0.3 is 43.0 Å². The normalized spacial score (nSPS) is 13.5. The molecule has 0 bridgehead atoms. The Hall–Kier alpha value is -6.32. The molecule has 0 radical (unpaired) electrons.